The molecule has 8 nitrogen and oxygen atoms in total. The maximum Gasteiger partial charge on any atom is 0.278 e. The normalized spacial score (nSPS) is 21.5. The van der Waals surface area contributed by atoms with Crippen LogP contribution in [-0.2, 0) is 7.05 Å². The third-order valence-corrected chi connectivity index (χ3v) is 6.37. The molecule has 1 fully saturated rings. The molecule has 2 aliphatic rings. The number of fused-ring (bicyclic) bond motifs is 2. The summed E-state index contributed by atoms with van der Waals surface area (Å²) < 4.78 is 13.1. The van der Waals surface area contributed by atoms with Crippen LogP contribution in [0.1, 0.15) is 31.7 Å². The molecular formula is C23H29N5O3. The highest BCUT2D eigenvalue weighted by Crippen LogP contribution is 2.36. The standard InChI is InChI=1S/C23H29N5O3/c1-14(2)28-12-16(15-4-5-19-20(11-15)31-9-8-30-19)10-17(13-28)25-23-26-18-6-7-24-21(18)22(29)27(23)3/h4-7,11,14,16-17,24H,8-10,12-13H2,1-3H3,(H,25,26). The van der Waals surface area contributed by atoms with E-state index in [-0.39, 0.29) is 11.6 Å². The second-order valence-electron chi connectivity index (χ2n) is 8.76. The number of nitrogens with one attached hydrogen (secondary N) is 2. The molecular weight excluding hydrogens is 394 g/mol. The minimum Gasteiger partial charge on any atom is -0.486 e. The molecule has 0 radical (unpaired) electrons. The Hall–Kier alpha value is -3.00. The van der Waals surface area contributed by atoms with Gasteiger partial charge in [-0.25, -0.2) is 4.98 Å². The molecule has 2 aliphatic heterocycles. The number of rotatable bonds is 4. The zero-order chi connectivity index (χ0) is 21.5. The van der Waals surface area contributed by atoms with Gasteiger partial charge in [-0.3, -0.25) is 14.3 Å². The van der Waals surface area contributed by atoms with Gasteiger partial charge in [-0.1, -0.05) is 6.07 Å². The topological polar surface area (TPSA) is 84.4 Å². The largest absolute Gasteiger partial charge is 0.486 e. The van der Waals surface area contributed by atoms with Gasteiger partial charge in [0.25, 0.3) is 5.56 Å². The zero-order valence-corrected chi connectivity index (χ0v) is 18.2. The van der Waals surface area contributed by atoms with Gasteiger partial charge in [0, 0.05) is 38.4 Å². The second kappa shape index (κ2) is 7.92. The number of hydrogen-bond acceptors (Lipinski definition) is 6. The van der Waals surface area contributed by atoms with E-state index in [2.05, 4.69) is 46.2 Å². The fourth-order valence-corrected chi connectivity index (χ4v) is 4.61. The first kappa shape index (κ1) is 19.9. The van der Waals surface area contributed by atoms with Crippen LogP contribution in [0.2, 0.25) is 0 Å². The first-order chi connectivity index (χ1) is 15.0. The van der Waals surface area contributed by atoms with Gasteiger partial charge in [0.05, 0.1) is 5.52 Å². The summed E-state index contributed by atoms with van der Waals surface area (Å²) in [5, 5.41) is 3.56. The van der Waals surface area contributed by atoms with Gasteiger partial charge in [0.2, 0.25) is 5.95 Å². The molecule has 164 valence electrons. The summed E-state index contributed by atoms with van der Waals surface area (Å²) in [5.74, 6) is 2.60. The maximum atomic E-state index is 12.7. The molecule has 5 rings (SSSR count). The molecule has 1 saturated heterocycles. The number of nitrogens with zero attached hydrogens (tertiary/aromatic N) is 3. The van der Waals surface area contributed by atoms with Crippen LogP contribution in [-0.4, -0.2) is 57.8 Å². The number of benzene rings is 1. The molecule has 31 heavy (non-hydrogen) atoms. The van der Waals surface area contributed by atoms with Crippen molar-refractivity contribution >= 4 is 17.0 Å². The van der Waals surface area contributed by atoms with Crippen molar-refractivity contribution in [2.45, 2.75) is 38.3 Å². The van der Waals surface area contributed by atoms with E-state index >= 15 is 0 Å². The lowest BCUT2D eigenvalue weighted by Gasteiger charge is -2.41. The van der Waals surface area contributed by atoms with Crippen molar-refractivity contribution in [2.75, 3.05) is 31.6 Å². The summed E-state index contributed by atoms with van der Waals surface area (Å²) >= 11 is 0. The molecule has 2 atom stereocenters. The van der Waals surface area contributed by atoms with Crippen LogP contribution in [0.5, 0.6) is 11.5 Å². The van der Waals surface area contributed by atoms with Gasteiger partial charge < -0.3 is 19.8 Å². The zero-order valence-electron chi connectivity index (χ0n) is 18.2. The van der Waals surface area contributed by atoms with Crippen molar-refractivity contribution < 1.29 is 9.47 Å². The second-order valence-corrected chi connectivity index (χ2v) is 8.76. The fourth-order valence-electron chi connectivity index (χ4n) is 4.61. The van der Waals surface area contributed by atoms with E-state index in [9.17, 15) is 4.79 Å². The summed E-state index contributed by atoms with van der Waals surface area (Å²) in [4.78, 5) is 22.8. The Morgan fingerprint density at radius 2 is 1.97 bits per heavy atom. The third-order valence-electron chi connectivity index (χ3n) is 6.37. The molecule has 0 bridgehead atoms. The number of H-pyrrole nitrogens is 1. The molecule has 2 aromatic heterocycles. The Kier molecular flexibility index (Phi) is 5.09. The van der Waals surface area contributed by atoms with E-state index in [1.807, 2.05) is 12.1 Å². The summed E-state index contributed by atoms with van der Waals surface area (Å²) in [6.07, 6.45) is 2.70. The number of aromatic amines is 1. The predicted octanol–water partition coefficient (Wildman–Crippen LogP) is 2.71. The number of hydrogen-bond donors (Lipinski definition) is 2. The maximum absolute atomic E-state index is 12.7. The van der Waals surface area contributed by atoms with Crippen LogP contribution in [0.25, 0.3) is 11.0 Å². The lowest BCUT2D eigenvalue weighted by molar-refractivity contribution is 0.155. The van der Waals surface area contributed by atoms with E-state index in [4.69, 9.17) is 9.47 Å². The molecule has 1 aromatic carbocycles. The monoisotopic (exact) mass is 423 g/mol. The minimum absolute atomic E-state index is 0.0718. The summed E-state index contributed by atoms with van der Waals surface area (Å²) in [6.45, 7) is 7.52. The molecule has 0 aliphatic carbocycles. The summed E-state index contributed by atoms with van der Waals surface area (Å²) in [7, 11) is 1.76. The summed E-state index contributed by atoms with van der Waals surface area (Å²) in [6, 6.07) is 8.73. The van der Waals surface area contributed by atoms with Gasteiger partial charge >= 0.3 is 0 Å². The molecule has 4 heterocycles. The predicted molar refractivity (Wildman–Crippen MR) is 120 cm³/mol. The Labute approximate surface area is 181 Å². The average molecular weight is 424 g/mol. The molecule has 0 spiro atoms. The first-order valence-corrected chi connectivity index (χ1v) is 10.9. The van der Waals surface area contributed by atoms with Crippen molar-refractivity contribution in [3.05, 3.63) is 46.4 Å². The third kappa shape index (κ3) is 3.76. The highest BCUT2D eigenvalue weighted by molar-refractivity contribution is 5.75. The Morgan fingerprint density at radius 1 is 1.16 bits per heavy atom. The van der Waals surface area contributed by atoms with Crippen LogP contribution in [0.15, 0.2) is 35.3 Å². The van der Waals surface area contributed by atoms with E-state index in [0.717, 1.165) is 31.0 Å². The number of aromatic nitrogens is 3. The Morgan fingerprint density at radius 3 is 2.77 bits per heavy atom. The number of ether oxygens (including phenoxy) is 2. The van der Waals surface area contributed by atoms with Crippen LogP contribution >= 0.6 is 0 Å². The number of anilines is 1. The molecule has 0 amide bonds. The lowest BCUT2D eigenvalue weighted by atomic mass is 9.87. The van der Waals surface area contributed by atoms with Gasteiger partial charge in [0.1, 0.15) is 18.7 Å². The van der Waals surface area contributed by atoms with Crippen molar-refractivity contribution in [1.82, 2.24) is 19.4 Å². The van der Waals surface area contributed by atoms with Gasteiger partial charge in [-0.2, -0.15) is 0 Å². The van der Waals surface area contributed by atoms with Gasteiger partial charge in [-0.15, -0.1) is 0 Å². The molecule has 2 unspecified atom stereocenters. The lowest BCUT2D eigenvalue weighted by Crippen LogP contribution is -2.48. The SMILES string of the molecule is CC(C)N1CC(Nc2nc3cc[nH]c3c(=O)n2C)CC(c2ccc3c(c2)OCCO3)C1. The Balaban J connectivity index is 1.43. The Bertz CT molecular complexity index is 1150. The van der Waals surface area contributed by atoms with Crippen molar-refractivity contribution in [2.24, 2.45) is 7.05 Å². The average Bonchev–Trinajstić information content (AvgIpc) is 3.25. The smallest absolute Gasteiger partial charge is 0.278 e. The van der Waals surface area contributed by atoms with Crippen LogP contribution in [0, 0.1) is 0 Å². The highest BCUT2D eigenvalue weighted by Gasteiger charge is 2.31. The quantitative estimate of drug-likeness (QED) is 0.671. The van der Waals surface area contributed by atoms with Crippen molar-refractivity contribution in [1.29, 1.82) is 0 Å². The molecule has 8 heteroatoms. The van der Waals surface area contributed by atoms with E-state index in [0.29, 0.717) is 42.2 Å². The van der Waals surface area contributed by atoms with Crippen LogP contribution < -0.4 is 20.3 Å². The van der Waals surface area contributed by atoms with Crippen molar-refractivity contribution in [3.63, 3.8) is 0 Å². The molecule has 0 saturated carbocycles. The van der Waals surface area contributed by atoms with Crippen molar-refractivity contribution in [3.8, 4) is 11.5 Å². The summed E-state index contributed by atoms with van der Waals surface area (Å²) in [5.41, 5.74) is 2.40. The first-order valence-electron chi connectivity index (χ1n) is 10.9. The van der Waals surface area contributed by atoms with Crippen LogP contribution in [0.3, 0.4) is 0 Å². The van der Waals surface area contributed by atoms with Gasteiger partial charge in [-0.05, 0) is 49.9 Å². The molecule has 3 aromatic rings. The van der Waals surface area contributed by atoms with Gasteiger partial charge in [0.15, 0.2) is 11.5 Å². The molecule has 2 N–H and O–H groups in total. The van der Waals surface area contributed by atoms with E-state index in [1.54, 1.807) is 17.8 Å². The van der Waals surface area contributed by atoms with E-state index < -0.39 is 0 Å². The fraction of sp³-hybridized carbons (Fsp3) is 0.478. The van der Waals surface area contributed by atoms with E-state index in [1.165, 1.54) is 5.56 Å². The number of piperidine rings is 1. The highest BCUT2D eigenvalue weighted by atomic mass is 16.6. The van der Waals surface area contributed by atoms with Crippen LogP contribution in [0.4, 0.5) is 5.95 Å². The minimum atomic E-state index is -0.0718. The number of likely N-dealkylation sites (tertiary alicyclic amines) is 1.